The molecule has 0 unspecified atom stereocenters. The Balaban J connectivity index is 3.76. The Morgan fingerprint density at radius 1 is 1.50 bits per heavy atom. The van der Waals surface area contributed by atoms with E-state index in [4.69, 9.17) is 9.84 Å². The summed E-state index contributed by atoms with van der Waals surface area (Å²) in [6.45, 7) is 4.57. The molecule has 0 aromatic rings. The molecule has 0 saturated carbocycles. The molecule has 1 N–H and O–H groups in total. The summed E-state index contributed by atoms with van der Waals surface area (Å²) in [5.74, 6) is -0.140. The predicted octanol–water partition coefficient (Wildman–Crippen LogP) is 2.36. The summed E-state index contributed by atoms with van der Waals surface area (Å²) in [6, 6.07) is 0. The highest BCUT2D eigenvalue weighted by Gasteiger charge is 2.16. The maximum absolute atomic E-state index is 10.9. The summed E-state index contributed by atoms with van der Waals surface area (Å²) in [6.07, 6.45) is 9.76. The van der Waals surface area contributed by atoms with Gasteiger partial charge in [0, 0.05) is 5.75 Å². The normalized spacial score (nSPS) is 14.4. The number of carboxylic acids is 1. The second-order valence-corrected chi connectivity index (χ2v) is 9.36. The SMILES string of the molecule is C=CCC[C@@H](COCCS(C)(C)C)C(=O)O. The van der Waals surface area contributed by atoms with Crippen LogP contribution in [0.1, 0.15) is 12.8 Å². The van der Waals surface area contributed by atoms with E-state index in [9.17, 15) is 4.79 Å². The maximum atomic E-state index is 10.9. The van der Waals surface area contributed by atoms with E-state index in [1.54, 1.807) is 6.08 Å². The monoisotopic (exact) mass is 248 g/mol. The Labute approximate surface area is 100 Å². The Kier molecular flexibility index (Phi) is 7.51. The van der Waals surface area contributed by atoms with Crippen molar-refractivity contribution in [1.82, 2.24) is 0 Å². The molecule has 3 nitrogen and oxygen atoms in total. The predicted molar refractivity (Wildman–Crippen MR) is 71.6 cm³/mol. The van der Waals surface area contributed by atoms with Crippen molar-refractivity contribution < 1.29 is 14.6 Å². The van der Waals surface area contributed by atoms with Gasteiger partial charge in [0.2, 0.25) is 0 Å². The highest BCUT2D eigenvalue weighted by molar-refractivity contribution is 8.32. The first-order valence-corrected chi connectivity index (χ1v) is 8.47. The minimum atomic E-state index is -0.773. The van der Waals surface area contributed by atoms with Crippen LogP contribution in [0.3, 0.4) is 0 Å². The molecule has 0 bridgehead atoms. The smallest absolute Gasteiger partial charge is 0.308 e. The zero-order valence-corrected chi connectivity index (χ0v) is 11.4. The van der Waals surface area contributed by atoms with Crippen molar-refractivity contribution in [3.05, 3.63) is 12.7 Å². The van der Waals surface area contributed by atoms with Crippen LogP contribution in [0.2, 0.25) is 0 Å². The van der Waals surface area contributed by atoms with Gasteiger partial charge in [0.15, 0.2) is 0 Å². The molecule has 96 valence electrons. The van der Waals surface area contributed by atoms with Gasteiger partial charge in [-0.25, -0.2) is 10.0 Å². The molecule has 0 rings (SSSR count). The molecule has 0 fully saturated rings. The lowest BCUT2D eigenvalue weighted by Gasteiger charge is -2.25. The van der Waals surface area contributed by atoms with Gasteiger partial charge in [0.1, 0.15) is 0 Å². The van der Waals surface area contributed by atoms with Crippen LogP contribution in [0, 0.1) is 5.92 Å². The molecule has 0 radical (unpaired) electrons. The fraction of sp³-hybridized carbons (Fsp3) is 0.750. The average Bonchev–Trinajstić information content (AvgIpc) is 2.14. The third-order valence-electron chi connectivity index (χ3n) is 2.23. The zero-order chi connectivity index (χ0) is 12.6. The zero-order valence-electron chi connectivity index (χ0n) is 10.6. The van der Waals surface area contributed by atoms with Crippen LogP contribution < -0.4 is 0 Å². The van der Waals surface area contributed by atoms with Crippen LogP contribution in [0.15, 0.2) is 12.7 Å². The summed E-state index contributed by atoms with van der Waals surface area (Å²) in [7, 11) is -0.548. The second-order valence-electron chi connectivity index (χ2n) is 4.77. The van der Waals surface area contributed by atoms with E-state index in [0.717, 1.165) is 12.2 Å². The lowest BCUT2D eigenvalue weighted by atomic mass is 10.1. The van der Waals surface area contributed by atoms with Gasteiger partial charge in [-0.1, -0.05) is 6.08 Å². The van der Waals surface area contributed by atoms with Gasteiger partial charge < -0.3 is 9.84 Å². The summed E-state index contributed by atoms with van der Waals surface area (Å²) in [5, 5.41) is 8.95. The van der Waals surface area contributed by atoms with Gasteiger partial charge in [-0.2, -0.15) is 0 Å². The summed E-state index contributed by atoms with van der Waals surface area (Å²) < 4.78 is 5.44. The number of allylic oxidation sites excluding steroid dienone is 1. The maximum Gasteiger partial charge on any atom is 0.308 e. The van der Waals surface area contributed by atoms with E-state index in [1.165, 1.54) is 0 Å². The third kappa shape index (κ3) is 8.80. The first-order valence-electron chi connectivity index (χ1n) is 5.44. The van der Waals surface area contributed by atoms with E-state index in [1.807, 2.05) is 0 Å². The standard InChI is InChI=1S/C12H24O3S/c1-5-6-7-11(12(13)14)10-15-8-9-16(2,3)4/h5,11H,1,6-10H2,2-4H3,(H,13,14)/t11-/m0/s1. The summed E-state index contributed by atoms with van der Waals surface area (Å²) >= 11 is 0. The van der Waals surface area contributed by atoms with E-state index in [2.05, 4.69) is 25.3 Å². The first kappa shape index (κ1) is 15.5. The number of hydrogen-bond acceptors (Lipinski definition) is 2. The number of carboxylic acid groups (broad SMARTS) is 1. The van der Waals surface area contributed by atoms with Crippen molar-refractivity contribution >= 4 is 16.0 Å². The second kappa shape index (κ2) is 7.74. The molecule has 0 saturated heterocycles. The first-order chi connectivity index (χ1) is 7.37. The van der Waals surface area contributed by atoms with E-state index in [0.29, 0.717) is 19.6 Å². The van der Waals surface area contributed by atoms with Crippen molar-refractivity contribution in [2.75, 3.05) is 37.7 Å². The fourth-order valence-electron chi connectivity index (χ4n) is 1.13. The van der Waals surface area contributed by atoms with E-state index in [-0.39, 0.29) is 0 Å². The van der Waals surface area contributed by atoms with Crippen molar-refractivity contribution in [2.45, 2.75) is 12.8 Å². The molecule has 16 heavy (non-hydrogen) atoms. The molecule has 0 aromatic carbocycles. The molecule has 0 aliphatic rings. The highest BCUT2D eigenvalue weighted by Crippen LogP contribution is 2.33. The molecular weight excluding hydrogens is 224 g/mol. The number of aliphatic carboxylic acids is 1. The van der Waals surface area contributed by atoms with Gasteiger partial charge >= 0.3 is 5.97 Å². The topological polar surface area (TPSA) is 46.5 Å². The quantitative estimate of drug-likeness (QED) is 0.503. The molecule has 1 atom stereocenters. The fourth-order valence-corrected chi connectivity index (χ4v) is 1.75. The van der Waals surface area contributed by atoms with Crippen molar-refractivity contribution in [3.8, 4) is 0 Å². The van der Waals surface area contributed by atoms with Crippen molar-refractivity contribution in [3.63, 3.8) is 0 Å². The van der Waals surface area contributed by atoms with Crippen LogP contribution in [0.5, 0.6) is 0 Å². The molecule has 0 spiro atoms. The molecule has 0 aliphatic carbocycles. The Hall–Kier alpha value is -0.480. The molecule has 0 amide bonds. The van der Waals surface area contributed by atoms with Crippen LogP contribution in [0.4, 0.5) is 0 Å². The molecule has 0 aromatic heterocycles. The van der Waals surface area contributed by atoms with Gasteiger partial charge in [-0.05, 0) is 31.6 Å². The molecule has 4 heteroatoms. The van der Waals surface area contributed by atoms with Crippen LogP contribution in [0.25, 0.3) is 0 Å². The largest absolute Gasteiger partial charge is 0.481 e. The van der Waals surface area contributed by atoms with Crippen LogP contribution in [-0.2, 0) is 9.53 Å². The minimum Gasteiger partial charge on any atom is -0.481 e. The van der Waals surface area contributed by atoms with Gasteiger partial charge in [-0.3, -0.25) is 4.79 Å². The number of carbonyl (C=O) groups is 1. The van der Waals surface area contributed by atoms with Crippen molar-refractivity contribution in [1.29, 1.82) is 0 Å². The van der Waals surface area contributed by atoms with Crippen LogP contribution >= 0.6 is 10.0 Å². The van der Waals surface area contributed by atoms with E-state index >= 15 is 0 Å². The number of ether oxygens (including phenoxy) is 1. The molecule has 0 aliphatic heterocycles. The summed E-state index contributed by atoms with van der Waals surface area (Å²) in [5.41, 5.74) is 0. The minimum absolute atomic E-state index is 0.318. The van der Waals surface area contributed by atoms with Crippen LogP contribution in [-0.4, -0.2) is 48.8 Å². The lowest BCUT2D eigenvalue weighted by molar-refractivity contribution is -0.144. The lowest BCUT2D eigenvalue weighted by Crippen LogP contribution is -2.21. The number of rotatable bonds is 9. The summed E-state index contributed by atoms with van der Waals surface area (Å²) in [4.78, 5) is 10.9. The Bertz CT molecular complexity index is 221. The van der Waals surface area contributed by atoms with Gasteiger partial charge in [0.05, 0.1) is 19.1 Å². The Morgan fingerprint density at radius 3 is 2.56 bits per heavy atom. The van der Waals surface area contributed by atoms with E-state index < -0.39 is 21.9 Å². The number of hydrogen-bond donors (Lipinski definition) is 1. The van der Waals surface area contributed by atoms with Crippen molar-refractivity contribution in [2.24, 2.45) is 5.92 Å². The molecular formula is C12H24O3S. The average molecular weight is 248 g/mol. The van der Waals surface area contributed by atoms with Gasteiger partial charge in [-0.15, -0.1) is 6.58 Å². The third-order valence-corrected chi connectivity index (χ3v) is 3.62. The Morgan fingerprint density at radius 2 is 2.12 bits per heavy atom. The van der Waals surface area contributed by atoms with Gasteiger partial charge in [0.25, 0.3) is 0 Å². The highest BCUT2D eigenvalue weighted by atomic mass is 32.3. The molecule has 0 heterocycles.